The SMILES string of the molecule is OCCN(CCO)Cc1cc(OCc2cc(OCc3cc(OCc4ccccc4)cc(OCc4ccccc4)c3)cc(OCc3cc(OCc4ccccc4)cc(OCc4ccccc4)c3)c2)cc(OCc2cc(OCc3cc(OCc4ccccc4)cc(OCc4ccccc4)c3)cc(OCc3cc(OCc4ccccc4)cc(OCc4ccccc4)c3)c2)c1. The maximum atomic E-state index is 10.3. The van der Waals surface area contributed by atoms with E-state index in [2.05, 4.69) is 0 Å². The Labute approximate surface area is 736 Å². The molecule has 0 radical (unpaired) electrons. The smallest absolute Gasteiger partial charge is 0.123 e. The number of aliphatic hydroxyl groups excluding tert-OH is 2. The second-order valence-electron chi connectivity index (χ2n) is 30.3. The summed E-state index contributed by atoms with van der Waals surface area (Å²) in [4.78, 5) is 1.97. The summed E-state index contributed by atoms with van der Waals surface area (Å²) < 4.78 is 92.5. The molecule has 126 heavy (non-hydrogen) atoms. The van der Waals surface area contributed by atoms with Crippen molar-refractivity contribution in [3.8, 4) is 80.5 Å². The van der Waals surface area contributed by atoms with Gasteiger partial charge in [-0.15, -0.1) is 0 Å². The lowest BCUT2D eigenvalue weighted by molar-refractivity contribution is 0.155. The normalized spacial score (nSPS) is 11.0. The first-order valence-corrected chi connectivity index (χ1v) is 42.2. The van der Waals surface area contributed by atoms with Crippen molar-refractivity contribution >= 4 is 0 Å². The lowest BCUT2D eigenvalue weighted by atomic mass is 10.1. The predicted octanol–water partition coefficient (Wildman–Crippen LogP) is 22.6. The van der Waals surface area contributed by atoms with Crippen LogP contribution in [0.5, 0.6) is 80.5 Å². The zero-order chi connectivity index (χ0) is 85.8. The molecule has 15 aromatic rings. The van der Waals surface area contributed by atoms with Crippen molar-refractivity contribution in [2.45, 2.75) is 99.0 Å². The zero-order valence-corrected chi connectivity index (χ0v) is 70.2. The van der Waals surface area contributed by atoms with Crippen molar-refractivity contribution in [3.63, 3.8) is 0 Å². The summed E-state index contributed by atoms with van der Waals surface area (Å²) in [5.41, 5.74) is 13.7. The van der Waals surface area contributed by atoms with Gasteiger partial charge >= 0.3 is 0 Å². The molecule has 0 amide bonds. The summed E-state index contributed by atoms with van der Waals surface area (Å²) in [5.74, 6) is 7.99. The third kappa shape index (κ3) is 28.2. The number of ether oxygens (including phenoxy) is 14. The lowest BCUT2D eigenvalue weighted by Gasteiger charge is -2.21. The summed E-state index contributed by atoms with van der Waals surface area (Å²) in [5, 5.41) is 20.6. The number of benzene rings is 15. The summed E-state index contributed by atoms with van der Waals surface area (Å²) in [6.07, 6.45) is 0. The largest absolute Gasteiger partial charge is 0.489 e. The van der Waals surface area contributed by atoms with Gasteiger partial charge in [-0.25, -0.2) is 0 Å². The van der Waals surface area contributed by atoms with Crippen LogP contribution in [-0.2, 0) is 99.0 Å². The fourth-order valence-corrected chi connectivity index (χ4v) is 13.9. The van der Waals surface area contributed by atoms with E-state index in [4.69, 9.17) is 66.3 Å². The molecule has 0 aliphatic heterocycles. The van der Waals surface area contributed by atoms with Crippen LogP contribution in [0.4, 0.5) is 0 Å². The van der Waals surface area contributed by atoms with Crippen LogP contribution in [0.1, 0.15) is 83.5 Å². The van der Waals surface area contributed by atoms with Gasteiger partial charge < -0.3 is 76.5 Å². The van der Waals surface area contributed by atoms with E-state index < -0.39 is 0 Å². The maximum Gasteiger partial charge on any atom is 0.123 e. The Hall–Kier alpha value is -14.6. The molecule has 17 heteroatoms. The van der Waals surface area contributed by atoms with Gasteiger partial charge in [0.15, 0.2) is 0 Å². The molecular formula is C109H101NO16. The Kier molecular flexibility index (Phi) is 31.5. The monoisotopic (exact) mass is 1680 g/mol. The average molecular weight is 1680 g/mol. The molecule has 15 aromatic carbocycles. The van der Waals surface area contributed by atoms with E-state index in [1.807, 2.05) is 375 Å². The van der Waals surface area contributed by atoms with Gasteiger partial charge in [0.1, 0.15) is 173 Å². The van der Waals surface area contributed by atoms with Crippen LogP contribution in [-0.4, -0.2) is 41.4 Å². The molecule has 0 atom stereocenters. The molecule has 638 valence electrons. The fraction of sp³-hybridized carbons (Fsp3) is 0.174. The molecule has 0 saturated heterocycles. The number of aliphatic hydroxyl groups is 2. The van der Waals surface area contributed by atoms with Crippen LogP contribution in [0.15, 0.2) is 370 Å². The summed E-state index contributed by atoms with van der Waals surface area (Å²) in [6.45, 7) is 4.21. The van der Waals surface area contributed by atoms with Gasteiger partial charge in [0.05, 0.1) is 13.2 Å². The minimum Gasteiger partial charge on any atom is -0.489 e. The van der Waals surface area contributed by atoms with Gasteiger partial charge in [0, 0.05) is 62.1 Å². The molecule has 15 rings (SSSR count). The van der Waals surface area contributed by atoms with Crippen molar-refractivity contribution in [1.82, 2.24) is 4.90 Å². The first kappa shape index (κ1) is 86.3. The van der Waals surface area contributed by atoms with Gasteiger partial charge in [0.25, 0.3) is 0 Å². The Morgan fingerprint density at radius 2 is 0.262 bits per heavy atom. The molecule has 0 saturated carbocycles. The standard InChI is InChI=1S/C109H101NO16/c111-43-41-110(42-44-112)66-89-45-96(121-75-94-55-106(123-77-90-47-98(113-67-81-25-9-1-10-26-81)60-99(48-90)114-68-82-27-11-2-12-28-82)64-107(56-94)124-78-91-49-100(115-69-83-29-13-3-14-30-83)61-101(50-91)116-70-84-31-15-4-16-32-84)59-97(46-89)122-76-95-57-108(125-79-92-51-102(117-71-85-33-17-5-18-34-85)62-103(52-92)118-72-86-35-19-6-20-36-86)65-109(58-95)126-80-93-53-104(119-73-87-37-21-7-22-38-87)63-105(54-93)120-74-88-39-23-8-24-40-88/h1-40,45-65,111-112H,41-44,66-80H2. The Bertz CT molecular complexity index is 4910. The molecule has 0 aromatic heterocycles. The van der Waals surface area contributed by atoms with Crippen molar-refractivity contribution in [3.05, 3.63) is 454 Å². The maximum absolute atomic E-state index is 10.3. The van der Waals surface area contributed by atoms with Gasteiger partial charge in [0.2, 0.25) is 0 Å². The third-order valence-electron chi connectivity index (χ3n) is 20.2. The van der Waals surface area contributed by atoms with Gasteiger partial charge in [-0.3, -0.25) is 4.90 Å². The first-order chi connectivity index (χ1) is 62.2. The highest BCUT2D eigenvalue weighted by Gasteiger charge is 2.18. The molecule has 0 spiro atoms. The van der Waals surface area contributed by atoms with E-state index in [1.165, 1.54) is 0 Å². The van der Waals surface area contributed by atoms with Gasteiger partial charge in [-0.2, -0.15) is 0 Å². The molecule has 0 heterocycles. The Balaban J connectivity index is 0.727. The van der Waals surface area contributed by atoms with E-state index in [1.54, 1.807) is 0 Å². The number of hydrogen-bond donors (Lipinski definition) is 2. The van der Waals surface area contributed by atoms with E-state index in [0.29, 0.717) is 153 Å². The fourth-order valence-electron chi connectivity index (χ4n) is 13.9. The highest BCUT2D eigenvalue weighted by Crippen LogP contribution is 2.36. The second-order valence-corrected chi connectivity index (χ2v) is 30.3. The van der Waals surface area contributed by atoms with Crippen LogP contribution >= 0.6 is 0 Å². The molecule has 2 N–H and O–H groups in total. The third-order valence-corrected chi connectivity index (χ3v) is 20.2. The average Bonchev–Trinajstić information content (AvgIpc) is 0.841. The molecule has 0 bridgehead atoms. The van der Waals surface area contributed by atoms with Crippen molar-refractivity contribution in [1.29, 1.82) is 0 Å². The minimum atomic E-state index is -0.119. The Morgan fingerprint density at radius 1 is 0.143 bits per heavy atom. The van der Waals surface area contributed by atoms with Crippen molar-refractivity contribution in [2.75, 3.05) is 26.3 Å². The molecule has 0 aliphatic rings. The van der Waals surface area contributed by atoms with E-state index in [0.717, 1.165) is 83.5 Å². The number of nitrogens with zero attached hydrogens (tertiary/aromatic N) is 1. The predicted molar refractivity (Wildman–Crippen MR) is 487 cm³/mol. The summed E-state index contributed by atoms with van der Waals surface area (Å²) in [7, 11) is 0. The van der Waals surface area contributed by atoms with Crippen molar-refractivity contribution < 1.29 is 76.5 Å². The molecule has 0 fully saturated rings. The zero-order valence-electron chi connectivity index (χ0n) is 70.2. The van der Waals surface area contributed by atoms with Crippen molar-refractivity contribution in [2.24, 2.45) is 0 Å². The molecular weight excluding hydrogens is 1580 g/mol. The second kappa shape index (κ2) is 46.0. The molecule has 0 unspecified atom stereocenters. The first-order valence-electron chi connectivity index (χ1n) is 42.2. The minimum absolute atomic E-state index is 0.0551. The number of hydrogen-bond acceptors (Lipinski definition) is 17. The number of rotatable bonds is 48. The topological polar surface area (TPSA) is 173 Å². The molecule has 17 nitrogen and oxygen atoms in total. The quantitative estimate of drug-likeness (QED) is 0.0368. The van der Waals surface area contributed by atoms with Crippen LogP contribution in [0.2, 0.25) is 0 Å². The lowest BCUT2D eigenvalue weighted by Crippen LogP contribution is -2.29. The summed E-state index contributed by atoms with van der Waals surface area (Å²) >= 11 is 0. The highest BCUT2D eigenvalue weighted by molar-refractivity contribution is 5.47. The van der Waals surface area contributed by atoms with Gasteiger partial charge in [-0.05, 0) is 168 Å². The van der Waals surface area contributed by atoms with E-state index in [-0.39, 0.29) is 52.9 Å². The van der Waals surface area contributed by atoms with Crippen LogP contribution < -0.4 is 66.3 Å². The van der Waals surface area contributed by atoms with Crippen LogP contribution in [0, 0.1) is 0 Å². The molecule has 0 aliphatic carbocycles. The van der Waals surface area contributed by atoms with E-state index in [9.17, 15) is 10.2 Å². The highest BCUT2D eigenvalue weighted by atomic mass is 16.5. The van der Waals surface area contributed by atoms with Crippen LogP contribution in [0.25, 0.3) is 0 Å². The van der Waals surface area contributed by atoms with Crippen LogP contribution in [0.3, 0.4) is 0 Å². The Morgan fingerprint density at radius 3 is 0.389 bits per heavy atom. The summed E-state index contributed by atoms with van der Waals surface area (Å²) in [6, 6.07) is 121. The van der Waals surface area contributed by atoms with E-state index >= 15 is 0 Å². The van der Waals surface area contributed by atoms with Gasteiger partial charge in [-0.1, -0.05) is 243 Å².